The van der Waals surface area contributed by atoms with Crippen molar-refractivity contribution in [2.45, 2.75) is 64.7 Å². The highest BCUT2D eigenvalue weighted by atomic mass is 16.2. The largest absolute Gasteiger partial charge is 0.340 e. The smallest absolute Gasteiger partial charge is 0.273 e. The zero-order chi connectivity index (χ0) is 14.6. The fraction of sp³-hybridized carbons (Fsp3) is 0.625. The van der Waals surface area contributed by atoms with E-state index >= 15 is 0 Å². The maximum absolute atomic E-state index is 11.3. The number of nitrogens with one attached hydrogen (secondary N) is 1. The lowest BCUT2D eigenvalue weighted by Gasteiger charge is -1.99. The number of H-pyrrole nitrogens is 1. The molecule has 1 aromatic rings. The van der Waals surface area contributed by atoms with Gasteiger partial charge in [-0.05, 0) is 6.42 Å². The summed E-state index contributed by atoms with van der Waals surface area (Å²) < 4.78 is 1.21. The van der Waals surface area contributed by atoms with E-state index in [-0.39, 0.29) is 0 Å². The Morgan fingerprint density at radius 1 is 1.05 bits per heavy atom. The lowest BCUT2D eigenvalue weighted by atomic mass is 10.1. The molecule has 20 heavy (non-hydrogen) atoms. The van der Waals surface area contributed by atoms with Crippen molar-refractivity contribution in [1.29, 1.82) is 0 Å². The highest BCUT2D eigenvalue weighted by Gasteiger charge is 1.92. The van der Waals surface area contributed by atoms with Crippen molar-refractivity contribution in [1.82, 2.24) is 9.55 Å². The first kappa shape index (κ1) is 16.3. The third-order valence-corrected chi connectivity index (χ3v) is 3.18. The lowest BCUT2D eigenvalue weighted by molar-refractivity contribution is 0.579. The van der Waals surface area contributed by atoms with Crippen LogP contribution in [0.2, 0.25) is 0 Å². The van der Waals surface area contributed by atoms with Crippen molar-refractivity contribution in [3.8, 4) is 12.0 Å². The normalized spacial score (nSPS) is 10.1. The summed E-state index contributed by atoms with van der Waals surface area (Å²) >= 11 is 0. The van der Waals surface area contributed by atoms with Crippen LogP contribution in [0.25, 0.3) is 0 Å². The van der Waals surface area contributed by atoms with E-state index in [9.17, 15) is 9.59 Å². The van der Waals surface area contributed by atoms with Gasteiger partial charge in [0.1, 0.15) is 0 Å². The molecular weight excluding hydrogens is 252 g/mol. The molecule has 1 rings (SSSR count). The highest BCUT2D eigenvalue weighted by Crippen LogP contribution is 2.08. The van der Waals surface area contributed by atoms with Crippen molar-refractivity contribution < 1.29 is 0 Å². The minimum atomic E-state index is -0.471. The van der Waals surface area contributed by atoms with Crippen LogP contribution in [0.5, 0.6) is 0 Å². The first-order chi connectivity index (χ1) is 9.74. The van der Waals surface area contributed by atoms with Crippen LogP contribution in [0.15, 0.2) is 21.9 Å². The molecule has 0 atom stereocenters. The molecule has 0 aromatic carbocycles. The average Bonchev–Trinajstić information content (AvgIpc) is 2.43. The number of hydrogen-bond donors (Lipinski definition) is 1. The number of rotatable bonds is 8. The quantitative estimate of drug-likeness (QED) is 0.586. The Morgan fingerprint density at radius 3 is 2.35 bits per heavy atom. The van der Waals surface area contributed by atoms with Crippen molar-refractivity contribution in [3.05, 3.63) is 33.1 Å². The molecule has 0 fully saturated rings. The van der Waals surface area contributed by atoms with Gasteiger partial charge in [-0.2, -0.15) is 0 Å². The van der Waals surface area contributed by atoms with E-state index in [1.807, 2.05) is 0 Å². The lowest BCUT2D eigenvalue weighted by Crippen LogP contribution is -2.26. The van der Waals surface area contributed by atoms with E-state index in [4.69, 9.17) is 0 Å². The van der Waals surface area contributed by atoms with Crippen LogP contribution in [0, 0.1) is 12.0 Å². The second-order valence-electron chi connectivity index (χ2n) is 4.99. The fourth-order valence-electron chi connectivity index (χ4n) is 1.99. The van der Waals surface area contributed by atoms with Gasteiger partial charge in [-0.1, -0.05) is 57.8 Å². The van der Waals surface area contributed by atoms with E-state index < -0.39 is 11.2 Å². The Hall–Kier alpha value is -1.76. The van der Waals surface area contributed by atoms with Gasteiger partial charge in [-0.25, -0.2) is 9.36 Å². The number of aromatic nitrogens is 2. The molecule has 1 aromatic heterocycles. The van der Waals surface area contributed by atoms with E-state index in [2.05, 4.69) is 23.9 Å². The molecule has 0 unspecified atom stereocenters. The predicted octanol–water partition coefficient (Wildman–Crippen LogP) is 2.88. The number of nitrogens with zero attached hydrogens (tertiary/aromatic N) is 1. The Labute approximate surface area is 120 Å². The van der Waals surface area contributed by atoms with Crippen LogP contribution in [0.4, 0.5) is 0 Å². The Morgan fingerprint density at radius 2 is 1.70 bits per heavy atom. The summed E-state index contributed by atoms with van der Waals surface area (Å²) in [5.41, 5.74) is -0.864. The Balaban J connectivity index is 2.14. The number of unbranched alkanes of at least 4 members (excludes halogenated alkanes) is 8. The zero-order valence-electron chi connectivity index (χ0n) is 12.3. The topological polar surface area (TPSA) is 54.9 Å². The molecule has 110 valence electrons. The zero-order valence-corrected chi connectivity index (χ0v) is 12.3. The van der Waals surface area contributed by atoms with Crippen molar-refractivity contribution in [2.75, 3.05) is 0 Å². The molecular formula is C16H24N2O2. The molecule has 0 aliphatic carbocycles. The first-order valence-corrected chi connectivity index (χ1v) is 7.55. The molecule has 0 bridgehead atoms. The molecule has 0 saturated heterocycles. The van der Waals surface area contributed by atoms with Crippen molar-refractivity contribution >= 4 is 0 Å². The molecule has 0 aliphatic rings. The molecule has 1 N–H and O–H groups in total. The fourth-order valence-corrected chi connectivity index (χ4v) is 1.99. The standard InChI is InChI=1S/C16H24N2O2/c1-2-3-4-5-6-7-8-9-10-11-13-18-14-12-15(19)17-16(18)20/h12,14H,2-10H2,1H3,(H,17,19,20). The molecule has 0 radical (unpaired) electrons. The summed E-state index contributed by atoms with van der Waals surface area (Å²) in [6.45, 7) is 2.23. The summed E-state index contributed by atoms with van der Waals surface area (Å²) in [6, 6.07) is 4.04. The Kier molecular flexibility index (Phi) is 8.21. The second kappa shape index (κ2) is 10.1. The van der Waals surface area contributed by atoms with Crippen molar-refractivity contribution in [2.24, 2.45) is 0 Å². The molecule has 1 heterocycles. The third-order valence-electron chi connectivity index (χ3n) is 3.18. The predicted molar refractivity (Wildman–Crippen MR) is 81.7 cm³/mol. The summed E-state index contributed by atoms with van der Waals surface area (Å²) in [5, 5.41) is 0. The second-order valence-corrected chi connectivity index (χ2v) is 4.99. The van der Waals surface area contributed by atoms with Crippen LogP contribution in [0.1, 0.15) is 64.7 Å². The maximum atomic E-state index is 11.3. The van der Waals surface area contributed by atoms with Crippen LogP contribution >= 0.6 is 0 Å². The SMILES string of the molecule is CCCCCCCCCCC#Cn1ccc(=O)[nH]c1=O. The van der Waals surface area contributed by atoms with Gasteiger partial charge in [-0.3, -0.25) is 9.78 Å². The molecule has 0 aliphatic heterocycles. The van der Waals surface area contributed by atoms with E-state index in [0.717, 1.165) is 12.8 Å². The van der Waals surface area contributed by atoms with Crippen molar-refractivity contribution in [3.63, 3.8) is 0 Å². The average molecular weight is 276 g/mol. The third kappa shape index (κ3) is 6.98. The van der Waals surface area contributed by atoms with Crippen LogP contribution in [-0.2, 0) is 0 Å². The van der Waals surface area contributed by atoms with Gasteiger partial charge in [0.25, 0.3) is 5.56 Å². The molecule has 4 heteroatoms. The van der Waals surface area contributed by atoms with E-state index in [1.165, 1.54) is 61.8 Å². The van der Waals surface area contributed by atoms with Crippen LogP contribution < -0.4 is 11.2 Å². The summed E-state index contributed by atoms with van der Waals surface area (Å²) in [4.78, 5) is 24.4. The summed E-state index contributed by atoms with van der Waals surface area (Å²) in [6.07, 6.45) is 12.4. The molecule has 0 amide bonds. The summed E-state index contributed by atoms with van der Waals surface area (Å²) in [7, 11) is 0. The monoisotopic (exact) mass is 276 g/mol. The van der Waals surface area contributed by atoms with E-state index in [1.54, 1.807) is 0 Å². The molecule has 0 spiro atoms. The van der Waals surface area contributed by atoms with Gasteiger partial charge in [0.15, 0.2) is 0 Å². The molecule has 4 nitrogen and oxygen atoms in total. The van der Waals surface area contributed by atoms with Gasteiger partial charge in [0.2, 0.25) is 0 Å². The van der Waals surface area contributed by atoms with Gasteiger partial charge < -0.3 is 0 Å². The summed E-state index contributed by atoms with van der Waals surface area (Å²) in [5.74, 6) is 2.96. The number of hydrogen-bond acceptors (Lipinski definition) is 2. The maximum Gasteiger partial charge on any atom is 0.340 e. The molecule has 0 saturated carbocycles. The van der Waals surface area contributed by atoms with Gasteiger partial charge in [0.05, 0.1) is 0 Å². The number of aromatic amines is 1. The minimum Gasteiger partial charge on any atom is -0.273 e. The first-order valence-electron chi connectivity index (χ1n) is 7.55. The van der Waals surface area contributed by atoms with E-state index in [0.29, 0.717) is 0 Å². The van der Waals surface area contributed by atoms with Gasteiger partial charge in [0, 0.05) is 24.7 Å². The van der Waals surface area contributed by atoms with Crippen LogP contribution in [-0.4, -0.2) is 9.55 Å². The highest BCUT2D eigenvalue weighted by molar-refractivity contribution is 5.03. The Bertz CT molecular complexity index is 546. The minimum absolute atomic E-state index is 0.392. The van der Waals surface area contributed by atoms with Gasteiger partial charge in [-0.15, -0.1) is 0 Å². The van der Waals surface area contributed by atoms with Crippen LogP contribution in [0.3, 0.4) is 0 Å². The van der Waals surface area contributed by atoms with Gasteiger partial charge >= 0.3 is 5.69 Å².